The van der Waals surface area contributed by atoms with Crippen LogP contribution in [0, 0.1) is 5.92 Å². The van der Waals surface area contributed by atoms with Crippen molar-refractivity contribution in [2.45, 2.75) is 19.3 Å². The van der Waals surface area contributed by atoms with Crippen LogP contribution in [0.15, 0.2) is 40.3 Å². The second-order valence-corrected chi connectivity index (χ2v) is 7.66. The van der Waals surface area contributed by atoms with Crippen molar-refractivity contribution in [2.75, 3.05) is 24.5 Å². The number of carbonyl (C=O) groups is 1. The highest BCUT2D eigenvalue weighted by atomic mass is 79.9. The van der Waals surface area contributed by atoms with Gasteiger partial charge < -0.3 is 10.2 Å². The molecule has 1 aromatic carbocycles. The first-order valence-electron chi connectivity index (χ1n) is 7.86. The summed E-state index contributed by atoms with van der Waals surface area (Å²) < 4.78 is 1.03. The zero-order valence-corrected chi connectivity index (χ0v) is 15.3. The summed E-state index contributed by atoms with van der Waals surface area (Å²) in [5.41, 5.74) is 1.04. The lowest BCUT2D eigenvalue weighted by molar-refractivity contribution is -0.120. The number of nitrogens with one attached hydrogen (secondary N) is 1. The average molecular weight is 394 g/mol. The number of piperidine rings is 1. The number of aromatic nitrogens is 1. The lowest BCUT2D eigenvalue weighted by Gasteiger charge is -2.32. The van der Waals surface area contributed by atoms with Crippen LogP contribution in [0.2, 0.25) is 0 Å². The van der Waals surface area contributed by atoms with Crippen LogP contribution in [0.1, 0.15) is 18.4 Å². The first-order valence-corrected chi connectivity index (χ1v) is 9.53. The smallest absolute Gasteiger partial charge is 0.224 e. The van der Waals surface area contributed by atoms with Gasteiger partial charge in [0.1, 0.15) is 0 Å². The second-order valence-electron chi connectivity index (χ2n) is 5.88. The van der Waals surface area contributed by atoms with Gasteiger partial charge in [0.2, 0.25) is 5.91 Å². The van der Waals surface area contributed by atoms with Gasteiger partial charge >= 0.3 is 0 Å². The number of nitrogens with zero attached hydrogens (tertiary/aromatic N) is 2. The van der Waals surface area contributed by atoms with E-state index in [-0.39, 0.29) is 5.91 Å². The molecule has 6 heteroatoms. The minimum Gasteiger partial charge on any atom is -0.355 e. The summed E-state index contributed by atoms with van der Waals surface area (Å²) in [4.78, 5) is 18.8. The van der Waals surface area contributed by atoms with E-state index in [0.717, 1.165) is 41.2 Å². The summed E-state index contributed by atoms with van der Waals surface area (Å²) in [7, 11) is 0. The zero-order chi connectivity index (χ0) is 16.1. The Morgan fingerprint density at radius 2 is 2.22 bits per heavy atom. The number of amides is 1. The standard InChI is InChI=1S/C17H20BrN3OS/c18-15-5-3-13(4-6-15)10-16(22)20-11-14-2-1-8-21(12-14)17-19-7-9-23-17/h3-7,9,14H,1-2,8,10-12H2,(H,20,22). The molecule has 1 aromatic heterocycles. The van der Waals surface area contributed by atoms with E-state index in [0.29, 0.717) is 12.3 Å². The number of anilines is 1. The molecule has 1 amide bonds. The van der Waals surface area contributed by atoms with Gasteiger partial charge in [-0.25, -0.2) is 4.98 Å². The maximum Gasteiger partial charge on any atom is 0.224 e. The number of carbonyl (C=O) groups excluding carboxylic acids is 1. The predicted molar refractivity (Wildman–Crippen MR) is 97.9 cm³/mol. The van der Waals surface area contributed by atoms with Gasteiger partial charge in [0.05, 0.1) is 6.42 Å². The SMILES string of the molecule is O=C(Cc1ccc(Br)cc1)NCC1CCCN(c2nccs2)C1. The van der Waals surface area contributed by atoms with E-state index >= 15 is 0 Å². The summed E-state index contributed by atoms with van der Waals surface area (Å²) in [5, 5.41) is 6.19. The van der Waals surface area contributed by atoms with Crippen LogP contribution in [-0.4, -0.2) is 30.5 Å². The fourth-order valence-electron chi connectivity index (χ4n) is 2.89. The van der Waals surface area contributed by atoms with E-state index in [1.807, 2.05) is 35.8 Å². The Morgan fingerprint density at radius 3 is 2.96 bits per heavy atom. The second kappa shape index (κ2) is 7.93. The summed E-state index contributed by atoms with van der Waals surface area (Å²) in [6.45, 7) is 2.79. The molecule has 2 aromatic rings. The molecule has 1 aliphatic rings. The molecule has 23 heavy (non-hydrogen) atoms. The summed E-state index contributed by atoms with van der Waals surface area (Å²) >= 11 is 5.09. The van der Waals surface area contributed by atoms with Crippen LogP contribution < -0.4 is 10.2 Å². The molecule has 1 N–H and O–H groups in total. The molecule has 1 atom stereocenters. The molecule has 4 nitrogen and oxygen atoms in total. The number of rotatable bonds is 5. The molecule has 2 heterocycles. The van der Waals surface area contributed by atoms with E-state index < -0.39 is 0 Å². The fraction of sp³-hybridized carbons (Fsp3) is 0.412. The summed E-state index contributed by atoms with van der Waals surface area (Å²) in [6.07, 6.45) is 4.62. The average Bonchev–Trinajstić information content (AvgIpc) is 3.10. The van der Waals surface area contributed by atoms with Crippen LogP contribution in [0.25, 0.3) is 0 Å². The lowest BCUT2D eigenvalue weighted by Crippen LogP contribution is -2.41. The predicted octanol–water partition coefficient (Wildman–Crippen LogP) is 3.48. The first-order chi connectivity index (χ1) is 11.2. The van der Waals surface area contributed by atoms with Crippen molar-refractivity contribution in [2.24, 2.45) is 5.92 Å². The van der Waals surface area contributed by atoms with Crippen molar-refractivity contribution in [3.8, 4) is 0 Å². The Morgan fingerprint density at radius 1 is 1.39 bits per heavy atom. The molecule has 0 spiro atoms. The van der Waals surface area contributed by atoms with Gasteiger partial charge in [-0.05, 0) is 36.5 Å². The quantitative estimate of drug-likeness (QED) is 0.845. The van der Waals surface area contributed by atoms with Gasteiger partial charge in [-0.15, -0.1) is 11.3 Å². The number of benzene rings is 1. The maximum atomic E-state index is 12.1. The van der Waals surface area contributed by atoms with Crippen molar-refractivity contribution in [1.82, 2.24) is 10.3 Å². The zero-order valence-electron chi connectivity index (χ0n) is 12.9. The molecule has 0 bridgehead atoms. The van der Waals surface area contributed by atoms with Crippen LogP contribution >= 0.6 is 27.3 Å². The molecule has 122 valence electrons. The van der Waals surface area contributed by atoms with E-state index in [4.69, 9.17) is 0 Å². The number of halogens is 1. The van der Waals surface area contributed by atoms with E-state index in [1.165, 1.54) is 6.42 Å². The Bertz CT molecular complexity index is 630. The molecule has 0 saturated carbocycles. The largest absolute Gasteiger partial charge is 0.355 e. The first kappa shape index (κ1) is 16.5. The Balaban J connectivity index is 1.46. The molecule has 3 rings (SSSR count). The summed E-state index contributed by atoms with van der Waals surface area (Å²) in [6, 6.07) is 7.90. The van der Waals surface area contributed by atoms with Crippen molar-refractivity contribution >= 4 is 38.3 Å². The van der Waals surface area contributed by atoms with Crippen molar-refractivity contribution < 1.29 is 4.79 Å². The minimum atomic E-state index is 0.0960. The van der Waals surface area contributed by atoms with Gasteiger partial charge in [-0.1, -0.05) is 28.1 Å². The van der Waals surface area contributed by atoms with Crippen LogP contribution in [0.5, 0.6) is 0 Å². The van der Waals surface area contributed by atoms with E-state index in [9.17, 15) is 4.79 Å². The topological polar surface area (TPSA) is 45.2 Å². The monoisotopic (exact) mass is 393 g/mol. The van der Waals surface area contributed by atoms with E-state index in [2.05, 4.69) is 31.1 Å². The highest BCUT2D eigenvalue weighted by molar-refractivity contribution is 9.10. The number of thiazole rings is 1. The van der Waals surface area contributed by atoms with Crippen molar-refractivity contribution in [1.29, 1.82) is 0 Å². The maximum absolute atomic E-state index is 12.1. The number of hydrogen-bond acceptors (Lipinski definition) is 4. The molecule has 1 saturated heterocycles. The van der Waals surface area contributed by atoms with Gasteiger partial charge in [0.25, 0.3) is 0 Å². The van der Waals surface area contributed by atoms with Crippen LogP contribution in [-0.2, 0) is 11.2 Å². The van der Waals surface area contributed by atoms with Gasteiger partial charge in [0.15, 0.2) is 5.13 Å². The molecular formula is C17H20BrN3OS. The third-order valence-corrected chi connectivity index (χ3v) is 5.44. The third-order valence-electron chi connectivity index (χ3n) is 4.07. The molecule has 0 aliphatic carbocycles. The molecular weight excluding hydrogens is 374 g/mol. The Kier molecular flexibility index (Phi) is 5.67. The Hall–Kier alpha value is -1.40. The van der Waals surface area contributed by atoms with Gasteiger partial charge in [-0.2, -0.15) is 0 Å². The minimum absolute atomic E-state index is 0.0960. The van der Waals surface area contributed by atoms with Gasteiger partial charge in [-0.3, -0.25) is 4.79 Å². The highest BCUT2D eigenvalue weighted by Gasteiger charge is 2.21. The normalized spacial score (nSPS) is 18.0. The van der Waals surface area contributed by atoms with Crippen molar-refractivity contribution in [3.63, 3.8) is 0 Å². The Labute approximate surface area is 149 Å². The number of hydrogen-bond donors (Lipinski definition) is 1. The van der Waals surface area contributed by atoms with Crippen LogP contribution in [0.3, 0.4) is 0 Å². The molecule has 1 fully saturated rings. The fourth-order valence-corrected chi connectivity index (χ4v) is 3.83. The third kappa shape index (κ3) is 4.78. The summed E-state index contributed by atoms with van der Waals surface area (Å²) in [5.74, 6) is 0.597. The molecule has 1 unspecified atom stereocenters. The van der Waals surface area contributed by atoms with E-state index in [1.54, 1.807) is 11.3 Å². The highest BCUT2D eigenvalue weighted by Crippen LogP contribution is 2.24. The van der Waals surface area contributed by atoms with Crippen LogP contribution in [0.4, 0.5) is 5.13 Å². The molecule has 0 radical (unpaired) electrons. The molecule has 1 aliphatic heterocycles. The lowest BCUT2D eigenvalue weighted by atomic mass is 9.98. The van der Waals surface area contributed by atoms with Gasteiger partial charge in [0, 0.05) is 35.7 Å². The van der Waals surface area contributed by atoms with Crippen molar-refractivity contribution in [3.05, 3.63) is 45.9 Å².